The maximum absolute atomic E-state index is 12.1. The lowest BCUT2D eigenvalue weighted by Gasteiger charge is -2.11. The van der Waals surface area contributed by atoms with Gasteiger partial charge in [0.15, 0.2) is 0 Å². The van der Waals surface area contributed by atoms with E-state index in [1.807, 2.05) is 73.7 Å². The number of carbonyl (C=O) groups excluding carboxylic acids is 1. The molecule has 0 aliphatic heterocycles. The van der Waals surface area contributed by atoms with E-state index in [4.69, 9.17) is 0 Å². The van der Waals surface area contributed by atoms with Crippen molar-refractivity contribution in [2.45, 2.75) is 0 Å². The second kappa shape index (κ2) is 6.93. The summed E-state index contributed by atoms with van der Waals surface area (Å²) in [5.41, 5.74) is 3.65. The quantitative estimate of drug-likeness (QED) is 0.730. The number of carbonyl (C=O) groups is 1. The summed E-state index contributed by atoms with van der Waals surface area (Å²) in [6.07, 6.45) is 1.86. The van der Waals surface area contributed by atoms with Crippen molar-refractivity contribution < 1.29 is 4.79 Å². The minimum atomic E-state index is -0.122. The molecule has 0 bridgehead atoms. The normalized spacial score (nSPS) is 10.1. The van der Waals surface area contributed by atoms with Gasteiger partial charge < -0.3 is 15.2 Å². The van der Waals surface area contributed by atoms with Gasteiger partial charge in [0.1, 0.15) is 0 Å². The Morgan fingerprint density at radius 1 is 1.12 bits per heavy atom. The van der Waals surface area contributed by atoms with Crippen LogP contribution in [0, 0.1) is 11.8 Å². The Balaban J connectivity index is 1.58. The van der Waals surface area contributed by atoms with Gasteiger partial charge in [0.2, 0.25) is 0 Å². The average Bonchev–Trinajstić information content (AvgIpc) is 3.06. The third-order valence-corrected chi connectivity index (χ3v) is 3.77. The first kappa shape index (κ1) is 15.7. The molecule has 1 aromatic heterocycles. The molecular formula is C20H19N3O. The average molecular weight is 317 g/mol. The Labute approximate surface area is 141 Å². The van der Waals surface area contributed by atoms with Crippen molar-refractivity contribution in [2.24, 2.45) is 0 Å². The lowest BCUT2D eigenvalue weighted by molar-refractivity contribution is 0.0959. The number of benzene rings is 2. The molecule has 120 valence electrons. The van der Waals surface area contributed by atoms with E-state index in [9.17, 15) is 4.79 Å². The van der Waals surface area contributed by atoms with E-state index < -0.39 is 0 Å². The van der Waals surface area contributed by atoms with Gasteiger partial charge in [0, 0.05) is 42.6 Å². The number of anilines is 1. The van der Waals surface area contributed by atoms with Crippen LogP contribution in [0.15, 0.2) is 54.7 Å². The molecule has 0 spiro atoms. The molecule has 0 saturated heterocycles. The van der Waals surface area contributed by atoms with Gasteiger partial charge in [-0.15, -0.1) is 0 Å². The van der Waals surface area contributed by atoms with Crippen LogP contribution in [0.3, 0.4) is 0 Å². The van der Waals surface area contributed by atoms with Crippen LogP contribution in [0.1, 0.15) is 15.9 Å². The lowest BCUT2D eigenvalue weighted by atomic mass is 10.1. The molecule has 4 heteroatoms. The Morgan fingerprint density at radius 2 is 1.92 bits per heavy atom. The molecule has 0 unspecified atom stereocenters. The Morgan fingerprint density at radius 3 is 2.67 bits per heavy atom. The first-order valence-corrected chi connectivity index (χ1v) is 7.75. The predicted molar refractivity (Wildman–Crippen MR) is 98.3 cm³/mol. The molecule has 0 aliphatic rings. The van der Waals surface area contributed by atoms with Gasteiger partial charge in [-0.05, 0) is 47.9 Å². The molecule has 3 rings (SSSR count). The van der Waals surface area contributed by atoms with Crippen LogP contribution in [0.25, 0.3) is 10.9 Å². The minimum Gasteiger partial charge on any atom is -0.378 e. The van der Waals surface area contributed by atoms with Crippen LogP contribution in [-0.2, 0) is 0 Å². The molecular weight excluding hydrogens is 298 g/mol. The molecule has 2 aromatic carbocycles. The number of hydrogen-bond acceptors (Lipinski definition) is 2. The van der Waals surface area contributed by atoms with Crippen LogP contribution in [0.5, 0.6) is 0 Å². The number of H-pyrrole nitrogens is 1. The highest BCUT2D eigenvalue weighted by atomic mass is 16.1. The molecule has 3 aromatic rings. The van der Waals surface area contributed by atoms with Crippen molar-refractivity contribution in [3.8, 4) is 11.8 Å². The highest BCUT2D eigenvalue weighted by Gasteiger charge is 2.05. The zero-order valence-electron chi connectivity index (χ0n) is 13.8. The van der Waals surface area contributed by atoms with Gasteiger partial charge in [-0.2, -0.15) is 0 Å². The number of fused-ring (bicyclic) bond motifs is 1. The summed E-state index contributed by atoms with van der Waals surface area (Å²) in [5.74, 6) is 5.91. The van der Waals surface area contributed by atoms with Gasteiger partial charge in [-0.25, -0.2) is 0 Å². The van der Waals surface area contributed by atoms with E-state index in [2.05, 4.69) is 22.1 Å². The number of aromatic amines is 1. The molecule has 1 amide bonds. The van der Waals surface area contributed by atoms with Crippen LogP contribution in [0.2, 0.25) is 0 Å². The molecule has 0 radical (unpaired) electrons. The van der Waals surface area contributed by atoms with E-state index in [-0.39, 0.29) is 5.91 Å². The molecule has 0 atom stereocenters. The summed E-state index contributed by atoms with van der Waals surface area (Å²) < 4.78 is 0. The third kappa shape index (κ3) is 3.58. The fourth-order valence-corrected chi connectivity index (χ4v) is 2.40. The number of nitrogens with one attached hydrogen (secondary N) is 2. The zero-order valence-corrected chi connectivity index (χ0v) is 13.8. The Bertz CT molecular complexity index is 911. The van der Waals surface area contributed by atoms with Crippen LogP contribution >= 0.6 is 0 Å². The fourth-order valence-electron chi connectivity index (χ4n) is 2.40. The summed E-state index contributed by atoms with van der Waals surface area (Å²) in [5, 5.41) is 3.91. The second-order valence-electron chi connectivity index (χ2n) is 5.71. The van der Waals surface area contributed by atoms with E-state index in [1.165, 1.54) is 0 Å². The van der Waals surface area contributed by atoms with Crippen molar-refractivity contribution in [3.05, 3.63) is 65.9 Å². The number of aromatic nitrogens is 1. The highest BCUT2D eigenvalue weighted by Crippen LogP contribution is 2.14. The summed E-state index contributed by atoms with van der Waals surface area (Å²) in [6, 6.07) is 15.6. The summed E-state index contributed by atoms with van der Waals surface area (Å²) in [6.45, 7) is 0.316. The Kier molecular flexibility index (Phi) is 4.53. The summed E-state index contributed by atoms with van der Waals surface area (Å²) >= 11 is 0. The van der Waals surface area contributed by atoms with Gasteiger partial charge in [0.05, 0.1) is 6.54 Å². The largest absolute Gasteiger partial charge is 0.378 e. The van der Waals surface area contributed by atoms with Crippen molar-refractivity contribution in [1.29, 1.82) is 0 Å². The van der Waals surface area contributed by atoms with Crippen LogP contribution < -0.4 is 10.2 Å². The van der Waals surface area contributed by atoms with Crippen molar-refractivity contribution >= 4 is 22.5 Å². The molecule has 0 fully saturated rings. The number of nitrogens with zero attached hydrogens (tertiary/aromatic N) is 1. The number of hydrogen-bond donors (Lipinski definition) is 2. The molecule has 2 N–H and O–H groups in total. The van der Waals surface area contributed by atoms with Gasteiger partial charge in [-0.3, -0.25) is 4.79 Å². The predicted octanol–water partition coefficient (Wildman–Crippen LogP) is 3.02. The number of rotatable bonds is 3. The second-order valence-corrected chi connectivity index (χ2v) is 5.71. The zero-order chi connectivity index (χ0) is 16.9. The Hall–Kier alpha value is -3.19. The van der Waals surface area contributed by atoms with E-state index in [0.717, 1.165) is 22.2 Å². The highest BCUT2D eigenvalue weighted by molar-refractivity contribution is 5.98. The van der Waals surface area contributed by atoms with Gasteiger partial charge >= 0.3 is 0 Å². The maximum Gasteiger partial charge on any atom is 0.252 e. The first-order valence-electron chi connectivity index (χ1n) is 7.75. The van der Waals surface area contributed by atoms with Crippen molar-refractivity contribution in [3.63, 3.8) is 0 Å². The molecule has 24 heavy (non-hydrogen) atoms. The molecule has 1 heterocycles. The van der Waals surface area contributed by atoms with Crippen molar-refractivity contribution in [1.82, 2.24) is 10.3 Å². The minimum absolute atomic E-state index is 0.122. The third-order valence-electron chi connectivity index (χ3n) is 3.77. The molecule has 4 nitrogen and oxygen atoms in total. The monoisotopic (exact) mass is 317 g/mol. The van der Waals surface area contributed by atoms with Crippen LogP contribution in [0.4, 0.5) is 5.69 Å². The first-order chi connectivity index (χ1) is 11.6. The summed E-state index contributed by atoms with van der Waals surface area (Å²) in [4.78, 5) is 17.3. The lowest BCUT2D eigenvalue weighted by Crippen LogP contribution is -2.23. The summed E-state index contributed by atoms with van der Waals surface area (Å²) in [7, 11) is 4.00. The molecule has 0 aliphatic carbocycles. The van der Waals surface area contributed by atoms with E-state index in [0.29, 0.717) is 12.1 Å². The standard InChI is InChI=1S/C20H19N3O/c1-23(2)18-9-5-15(6-10-18)4-3-12-22-20(24)17-8-7-16-11-13-21-19(16)14-17/h5-11,13-14,21H,12H2,1-2H3,(H,22,24). The fraction of sp³-hybridized carbons (Fsp3) is 0.150. The van der Waals surface area contributed by atoms with Crippen molar-refractivity contribution in [2.75, 3.05) is 25.5 Å². The smallest absolute Gasteiger partial charge is 0.252 e. The van der Waals surface area contributed by atoms with E-state index in [1.54, 1.807) is 0 Å². The SMILES string of the molecule is CN(C)c1ccc(C#CCNC(=O)c2ccc3cc[nH]c3c2)cc1. The molecule has 0 saturated carbocycles. The van der Waals surface area contributed by atoms with E-state index >= 15 is 0 Å². The van der Waals surface area contributed by atoms with Gasteiger partial charge in [-0.1, -0.05) is 17.9 Å². The van der Waals surface area contributed by atoms with Crippen LogP contribution in [-0.4, -0.2) is 31.5 Å². The van der Waals surface area contributed by atoms with Gasteiger partial charge in [0.25, 0.3) is 5.91 Å². The maximum atomic E-state index is 12.1. The number of amides is 1. The topological polar surface area (TPSA) is 48.1 Å².